The average Bonchev–Trinajstić information content (AvgIpc) is 2.61. The molecular weight excluding hydrogens is 304 g/mol. The molecule has 0 saturated carbocycles. The molecule has 1 heterocycles. The fraction of sp³-hybridized carbons (Fsp3) is 0.556. The standard InChI is InChI=1S/C18H28N4O2/c1-4-21(3)17(23)14(2)19-18(24)20-15-9-8-10-16(13-15)22-11-6-5-7-12-22/h8-10,13-14H,4-7,11-12H2,1-3H3,(H2,19,20,24). The molecule has 6 nitrogen and oxygen atoms in total. The van der Waals surface area contributed by atoms with Crippen LogP contribution in [0.2, 0.25) is 0 Å². The van der Waals surface area contributed by atoms with Gasteiger partial charge in [0.1, 0.15) is 6.04 Å². The first-order valence-corrected chi connectivity index (χ1v) is 8.68. The Morgan fingerprint density at radius 1 is 1.25 bits per heavy atom. The summed E-state index contributed by atoms with van der Waals surface area (Å²) >= 11 is 0. The van der Waals surface area contributed by atoms with Crippen LogP contribution in [0.5, 0.6) is 0 Å². The van der Waals surface area contributed by atoms with Gasteiger partial charge in [0.05, 0.1) is 0 Å². The van der Waals surface area contributed by atoms with Gasteiger partial charge in [-0.15, -0.1) is 0 Å². The lowest BCUT2D eigenvalue weighted by Gasteiger charge is -2.29. The van der Waals surface area contributed by atoms with Gasteiger partial charge in [0.15, 0.2) is 0 Å². The van der Waals surface area contributed by atoms with Crippen LogP contribution in [0.3, 0.4) is 0 Å². The van der Waals surface area contributed by atoms with Gasteiger partial charge in [-0.3, -0.25) is 4.79 Å². The predicted molar refractivity (Wildman–Crippen MR) is 97.4 cm³/mol. The van der Waals surface area contributed by atoms with Gasteiger partial charge in [-0.1, -0.05) is 6.07 Å². The van der Waals surface area contributed by atoms with Crippen molar-refractivity contribution >= 4 is 23.3 Å². The summed E-state index contributed by atoms with van der Waals surface area (Å²) in [7, 11) is 1.72. The number of carbonyl (C=O) groups excluding carboxylic acids is 2. The molecule has 1 atom stereocenters. The lowest BCUT2D eigenvalue weighted by atomic mass is 10.1. The summed E-state index contributed by atoms with van der Waals surface area (Å²) in [5.74, 6) is -0.102. The van der Waals surface area contributed by atoms with E-state index in [0.717, 1.165) is 24.5 Å². The molecule has 2 rings (SSSR count). The number of urea groups is 1. The first kappa shape index (κ1) is 18.1. The lowest BCUT2D eigenvalue weighted by molar-refractivity contribution is -0.131. The Morgan fingerprint density at radius 2 is 1.96 bits per heavy atom. The molecule has 0 radical (unpaired) electrons. The second-order valence-electron chi connectivity index (χ2n) is 6.27. The molecule has 1 fully saturated rings. The normalized spacial score (nSPS) is 15.5. The van der Waals surface area contributed by atoms with Gasteiger partial charge in [0.25, 0.3) is 0 Å². The van der Waals surface area contributed by atoms with Crippen molar-refractivity contribution in [2.24, 2.45) is 0 Å². The summed E-state index contributed by atoms with van der Waals surface area (Å²) < 4.78 is 0. The van der Waals surface area contributed by atoms with Crippen LogP contribution in [0.25, 0.3) is 0 Å². The monoisotopic (exact) mass is 332 g/mol. The number of piperidine rings is 1. The third-order valence-corrected chi connectivity index (χ3v) is 4.39. The van der Waals surface area contributed by atoms with Crippen molar-refractivity contribution in [1.82, 2.24) is 10.2 Å². The third-order valence-electron chi connectivity index (χ3n) is 4.39. The summed E-state index contributed by atoms with van der Waals surface area (Å²) in [6.07, 6.45) is 3.71. The minimum Gasteiger partial charge on any atom is -0.371 e. The van der Waals surface area contributed by atoms with Crippen LogP contribution in [0.15, 0.2) is 24.3 Å². The summed E-state index contributed by atoms with van der Waals surface area (Å²) in [5, 5.41) is 5.50. The van der Waals surface area contributed by atoms with E-state index in [0.29, 0.717) is 6.54 Å². The molecule has 1 saturated heterocycles. The zero-order valence-electron chi connectivity index (χ0n) is 14.8. The van der Waals surface area contributed by atoms with E-state index in [1.165, 1.54) is 19.3 Å². The van der Waals surface area contributed by atoms with Gasteiger partial charge < -0.3 is 20.4 Å². The van der Waals surface area contributed by atoms with Gasteiger partial charge >= 0.3 is 6.03 Å². The molecule has 132 valence electrons. The first-order chi connectivity index (χ1) is 11.5. The molecule has 0 aliphatic carbocycles. The SMILES string of the molecule is CCN(C)C(=O)C(C)NC(=O)Nc1cccc(N2CCCCC2)c1. The largest absolute Gasteiger partial charge is 0.371 e. The third kappa shape index (κ3) is 4.88. The fourth-order valence-corrected chi connectivity index (χ4v) is 2.84. The molecule has 2 N–H and O–H groups in total. The Morgan fingerprint density at radius 3 is 2.62 bits per heavy atom. The minimum atomic E-state index is -0.555. The van der Waals surface area contributed by atoms with Crippen molar-refractivity contribution in [3.05, 3.63) is 24.3 Å². The molecule has 6 heteroatoms. The van der Waals surface area contributed by atoms with Crippen molar-refractivity contribution in [2.75, 3.05) is 36.9 Å². The van der Waals surface area contributed by atoms with Crippen LogP contribution in [-0.2, 0) is 4.79 Å². The number of rotatable bonds is 5. The Labute approximate surface area is 144 Å². The van der Waals surface area contributed by atoms with E-state index in [1.807, 2.05) is 25.1 Å². The molecule has 1 unspecified atom stereocenters. The fourth-order valence-electron chi connectivity index (χ4n) is 2.84. The van der Waals surface area contributed by atoms with E-state index in [-0.39, 0.29) is 11.9 Å². The van der Waals surface area contributed by atoms with Crippen molar-refractivity contribution in [1.29, 1.82) is 0 Å². The Bertz CT molecular complexity index is 570. The average molecular weight is 332 g/mol. The maximum Gasteiger partial charge on any atom is 0.319 e. The number of nitrogens with zero attached hydrogens (tertiary/aromatic N) is 2. The van der Waals surface area contributed by atoms with Gasteiger partial charge in [0, 0.05) is 38.1 Å². The summed E-state index contributed by atoms with van der Waals surface area (Å²) in [5.41, 5.74) is 1.86. The van der Waals surface area contributed by atoms with E-state index < -0.39 is 6.04 Å². The van der Waals surface area contributed by atoms with E-state index in [4.69, 9.17) is 0 Å². The highest BCUT2D eigenvalue weighted by Crippen LogP contribution is 2.22. The molecule has 24 heavy (non-hydrogen) atoms. The van der Waals surface area contributed by atoms with Crippen molar-refractivity contribution in [3.8, 4) is 0 Å². The number of likely N-dealkylation sites (N-methyl/N-ethyl adjacent to an activating group) is 1. The predicted octanol–water partition coefficient (Wildman–Crippen LogP) is 2.67. The minimum absolute atomic E-state index is 0.102. The molecule has 0 aromatic heterocycles. The van der Waals surface area contributed by atoms with Gasteiger partial charge in [0.2, 0.25) is 5.91 Å². The Hall–Kier alpha value is -2.24. The Kier molecular flexibility index (Phi) is 6.46. The van der Waals surface area contributed by atoms with E-state index in [2.05, 4.69) is 21.6 Å². The van der Waals surface area contributed by atoms with Crippen LogP contribution >= 0.6 is 0 Å². The summed E-state index contributed by atoms with van der Waals surface area (Å²) in [6, 6.07) is 6.93. The number of amides is 3. The second-order valence-corrected chi connectivity index (χ2v) is 6.27. The second kappa shape index (κ2) is 8.57. The van der Waals surface area contributed by atoms with E-state index in [9.17, 15) is 9.59 Å². The van der Waals surface area contributed by atoms with Crippen LogP contribution in [0.1, 0.15) is 33.1 Å². The number of nitrogens with one attached hydrogen (secondary N) is 2. The lowest BCUT2D eigenvalue weighted by Crippen LogP contribution is -2.46. The first-order valence-electron chi connectivity index (χ1n) is 8.68. The quantitative estimate of drug-likeness (QED) is 0.871. The van der Waals surface area contributed by atoms with Crippen molar-refractivity contribution in [3.63, 3.8) is 0 Å². The number of carbonyl (C=O) groups is 2. The number of hydrogen-bond donors (Lipinski definition) is 2. The zero-order valence-corrected chi connectivity index (χ0v) is 14.8. The van der Waals surface area contributed by atoms with Crippen LogP contribution in [0.4, 0.5) is 16.2 Å². The maximum atomic E-state index is 12.1. The number of benzene rings is 1. The number of anilines is 2. The molecule has 1 aromatic rings. The molecular formula is C18H28N4O2. The van der Waals surface area contributed by atoms with E-state index >= 15 is 0 Å². The van der Waals surface area contributed by atoms with Crippen molar-refractivity contribution in [2.45, 2.75) is 39.2 Å². The molecule has 3 amide bonds. The number of hydrogen-bond acceptors (Lipinski definition) is 3. The molecule has 0 bridgehead atoms. The van der Waals surface area contributed by atoms with Gasteiger partial charge in [-0.05, 0) is 51.3 Å². The van der Waals surface area contributed by atoms with Crippen LogP contribution in [0, 0.1) is 0 Å². The molecule has 1 aromatic carbocycles. The zero-order chi connectivity index (χ0) is 17.5. The van der Waals surface area contributed by atoms with Gasteiger partial charge in [-0.25, -0.2) is 4.79 Å². The maximum absolute atomic E-state index is 12.1. The highest BCUT2D eigenvalue weighted by Gasteiger charge is 2.18. The van der Waals surface area contributed by atoms with Gasteiger partial charge in [-0.2, -0.15) is 0 Å². The molecule has 1 aliphatic heterocycles. The highest BCUT2D eigenvalue weighted by atomic mass is 16.2. The Balaban J connectivity index is 1.93. The van der Waals surface area contributed by atoms with Crippen LogP contribution in [-0.4, -0.2) is 49.6 Å². The smallest absolute Gasteiger partial charge is 0.319 e. The topological polar surface area (TPSA) is 64.7 Å². The summed E-state index contributed by atoms with van der Waals surface area (Å²) in [4.78, 5) is 28.0. The van der Waals surface area contributed by atoms with E-state index in [1.54, 1.807) is 18.9 Å². The van der Waals surface area contributed by atoms with Crippen molar-refractivity contribution < 1.29 is 9.59 Å². The molecule has 1 aliphatic rings. The molecule has 0 spiro atoms. The van der Waals surface area contributed by atoms with Crippen LogP contribution < -0.4 is 15.5 Å². The summed E-state index contributed by atoms with van der Waals surface area (Å²) in [6.45, 7) is 6.33. The highest BCUT2D eigenvalue weighted by molar-refractivity contribution is 5.93.